The first-order valence-corrected chi connectivity index (χ1v) is 5.31. The van der Waals surface area contributed by atoms with Crippen molar-refractivity contribution in [2.24, 2.45) is 0 Å². The molecule has 0 heterocycles. The molecule has 3 nitrogen and oxygen atoms in total. The first-order valence-electron chi connectivity index (χ1n) is 2.99. The summed E-state index contributed by atoms with van der Waals surface area (Å²) in [5.41, 5.74) is 0. The summed E-state index contributed by atoms with van der Waals surface area (Å²) >= 11 is -2.74. The molecular formula is C7H8O3Se. The predicted molar refractivity (Wildman–Crippen MR) is 41.3 cm³/mol. The van der Waals surface area contributed by atoms with E-state index in [0.717, 1.165) is 0 Å². The monoisotopic (exact) mass is 220 g/mol. The van der Waals surface area contributed by atoms with E-state index in [4.69, 9.17) is 8.93 Å². The Balaban J connectivity index is 2.91. The molecule has 1 atom stereocenters. The maximum atomic E-state index is 10.6. The van der Waals surface area contributed by atoms with E-state index >= 15 is 0 Å². The summed E-state index contributed by atoms with van der Waals surface area (Å²) in [5, 5.41) is 0. The predicted octanol–water partition coefficient (Wildman–Crippen LogP) is -0.187. The number of hydrogen-bond acceptors (Lipinski definition) is 2. The SMILES string of the molecule is COc1ccc([Se](=O)O)cc1. The zero-order chi connectivity index (χ0) is 8.27. The van der Waals surface area contributed by atoms with Crippen molar-refractivity contribution in [3.63, 3.8) is 0 Å². The molecule has 1 N–H and O–H groups in total. The van der Waals surface area contributed by atoms with E-state index < -0.39 is 14.2 Å². The van der Waals surface area contributed by atoms with Crippen LogP contribution < -0.4 is 9.20 Å². The van der Waals surface area contributed by atoms with Gasteiger partial charge in [-0.15, -0.1) is 0 Å². The summed E-state index contributed by atoms with van der Waals surface area (Å²) in [6.45, 7) is 0. The maximum absolute atomic E-state index is 10.6. The standard InChI is InChI=1S/C7H8O3Se/c1-10-6-2-4-7(5-3-6)11(8)9/h2-5H,1H3,(H,8,9). The van der Waals surface area contributed by atoms with Gasteiger partial charge in [-0.3, -0.25) is 0 Å². The van der Waals surface area contributed by atoms with Crippen molar-refractivity contribution in [1.29, 1.82) is 0 Å². The minimum atomic E-state index is -2.74. The second-order valence-corrected chi connectivity index (χ2v) is 3.96. The molecule has 0 aromatic heterocycles. The van der Waals surface area contributed by atoms with E-state index in [0.29, 0.717) is 10.2 Å². The van der Waals surface area contributed by atoms with Crippen LogP contribution in [0.5, 0.6) is 5.75 Å². The fourth-order valence-electron chi connectivity index (χ4n) is 0.692. The quantitative estimate of drug-likeness (QED) is 0.701. The van der Waals surface area contributed by atoms with E-state index in [2.05, 4.69) is 0 Å². The molecule has 0 aliphatic carbocycles. The summed E-state index contributed by atoms with van der Waals surface area (Å²) in [4.78, 5) is 0. The van der Waals surface area contributed by atoms with Gasteiger partial charge >= 0.3 is 68.5 Å². The second kappa shape index (κ2) is 3.62. The van der Waals surface area contributed by atoms with Crippen LogP contribution in [0.3, 0.4) is 0 Å². The summed E-state index contributed by atoms with van der Waals surface area (Å²) in [5.74, 6) is 0.695. The Morgan fingerprint density at radius 1 is 1.36 bits per heavy atom. The molecule has 0 radical (unpaired) electrons. The van der Waals surface area contributed by atoms with Gasteiger partial charge in [0.15, 0.2) is 0 Å². The average molecular weight is 219 g/mol. The molecule has 1 aromatic rings. The number of rotatable bonds is 2. The summed E-state index contributed by atoms with van der Waals surface area (Å²) < 4.78 is 24.6. The van der Waals surface area contributed by atoms with Crippen LogP contribution in [-0.4, -0.2) is 25.5 Å². The van der Waals surface area contributed by atoms with Crippen molar-refractivity contribution in [3.8, 4) is 5.75 Å². The van der Waals surface area contributed by atoms with Crippen LogP contribution in [0.2, 0.25) is 0 Å². The van der Waals surface area contributed by atoms with E-state index in [1.54, 1.807) is 31.4 Å². The molecule has 0 saturated carbocycles. The van der Waals surface area contributed by atoms with Crippen LogP contribution in [0, 0.1) is 0 Å². The van der Waals surface area contributed by atoms with Gasteiger partial charge in [0, 0.05) is 0 Å². The number of hydrogen-bond donors (Lipinski definition) is 1. The normalized spacial score (nSPS) is 12.5. The molecule has 1 rings (SSSR count). The molecular weight excluding hydrogens is 211 g/mol. The van der Waals surface area contributed by atoms with Gasteiger partial charge in [0.1, 0.15) is 0 Å². The number of ether oxygens (including phenoxy) is 1. The van der Waals surface area contributed by atoms with Crippen molar-refractivity contribution in [1.82, 2.24) is 0 Å². The van der Waals surface area contributed by atoms with Crippen LogP contribution in [0.25, 0.3) is 0 Å². The van der Waals surface area contributed by atoms with Gasteiger partial charge in [-0.25, -0.2) is 0 Å². The van der Waals surface area contributed by atoms with Gasteiger partial charge in [0.2, 0.25) is 0 Å². The fourth-order valence-corrected chi connectivity index (χ4v) is 1.47. The summed E-state index contributed by atoms with van der Waals surface area (Å²) in [6.07, 6.45) is 0. The van der Waals surface area contributed by atoms with Crippen molar-refractivity contribution >= 4 is 18.6 Å². The molecule has 0 spiro atoms. The van der Waals surface area contributed by atoms with E-state index in [1.807, 2.05) is 0 Å². The van der Waals surface area contributed by atoms with E-state index in [1.165, 1.54) is 0 Å². The molecule has 0 aliphatic rings. The van der Waals surface area contributed by atoms with Gasteiger partial charge in [0.25, 0.3) is 0 Å². The molecule has 0 aliphatic heterocycles. The average Bonchev–Trinajstić information content (AvgIpc) is 2.05. The van der Waals surface area contributed by atoms with Gasteiger partial charge in [-0.05, 0) is 0 Å². The van der Waals surface area contributed by atoms with Crippen LogP contribution in [-0.2, 0) is 3.83 Å². The van der Waals surface area contributed by atoms with Crippen molar-refractivity contribution in [2.45, 2.75) is 0 Å². The Morgan fingerprint density at radius 2 is 1.91 bits per heavy atom. The van der Waals surface area contributed by atoms with Crippen molar-refractivity contribution < 1.29 is 12.8 Å². The fraction of sp³-hybridized carbons (Fsp3) is 0.143. The third-order valence-corrected chi connectivity index (χ3v) is 2.68. The van der Waals surface area contributed by atoms with Gasteiger partial charge in [0.05, 0.1) is 0 Å². The zero-order valence-electron chi connectivity index (χ0n) is 5.98. The minimum absolute atomic E-state index is 0.478. The summed E-state index contributed by atoms with van der Waals surface area (Å²) in [7, 11) is 1.55. The summed E-state index contributed by atoms with van der Waals surface area (Å²) in [6, 6.07) is 6.52. The first kappa shape index (κ1) is 8.40. The van der Waals surface area contributed by atoms with Gasteiger partial charge in [-0.2, -0.15) is 0 Å². The first-order chi connectivity index (χ1) is 5.24. The Bertz CT molecular complexity index is 255. The Kier molecular flexibility index (Phi) is 2.76. The topological polar surface area (TPSA) is 46.5 Å². The van der Waals surface area contributed by atoms with Crippen LogP contribution >= 0.6 is 0 Å². The van der Waals surface area contributed by atoms with Gasteiger partial charge in [-0.1, -0.05) is 0 Å². The van der Waals surface area contributed by atoms with Crippen molar-refractivity contribution in [3.05, 3.63) is 24.3 Å². The third kappa shape index (κ3) is 2.12. The molecule has 60 valence electrons. The van der Waals surface area contributed by atoms with Crippen LogP contribution in [0.4, 0.5) is 0 Å². The molecule has 0 saturated heterocycles. The van der Waals surface area contributed by atoms with E-state index in [9.17, 15) is 3.83 Å². The van der Waals surface area contributed by atoms with Crippen LogP contribution in [0.15, 0.2) is 24.3 Å². The van der Waals surface area contributed by atoms with Gasteiger partial charge < -0.3 is 0 Å². The Hall–Kier alpha value is -0.701. The molecule has 1 unspecified atom stereocenters. The molecule has 0 amide bonds. The van der Waals surface area contributed by atoms with E-state index in [-0.39, 0.29) is 0 Å². The van der Waals surface area contributed by atoms with Crippen LogP contribution in [0.1, 0.15) is 0 Å². The Labute approximate surface area is 69.0 Å². The zero-order valence-corrected chi connectivity index (χ0v) is 7.69. The second-order valence-electron chi connectivity index (χ2n) is 1.92. The molecule has 0 fully saturated rings. The molecule has 1 aromatic carbocycles. The van der Waals surface area contributed by atoms with Crippen molar-refractivity contribution in [2.75, 3.05) is 7.11 Å². The number of methoxy groups -OCH3 is 1. The molecule has 4 heteroatoms. The number of benzene rings is 1. The third-order valence-electron chi connectivity index (χ3n) is 1.26. The molecule has 11 heavy (non-hydrogen) atoms. The molecule has 0 bridgehead atoms. The Morgan fingerprint density at radius 3 is 2.27 bits per heavy atom.